The Morgan fingerprint density at radius 2 is 1.26 bits per heavy atom. The van der Waals surface area contributed by atoms with Crippen molar-refractivity contribution < 1.29 is 14.3 Å². The van der Waals surface area contributed by atoms with Crippen molar-refractivity contribution in [2.75, 3.05) is 43.1 Å². The number of carbonyl (C=O) groups is 2. The fourth-order valence-corrected chi connectivity index (χ4v) is 6.05. The van der Waals surface area contributed by atoms with Crippen molar-refractivity contribution in [2.24, 2.45) is 0 Å². The summed E-state index contributed by atoms with van der Waals surface area (Å²) < 4.78 is 5.75. The number of esters is 1. The van der Waals surface area contributed by atoms with E-state index in [-0.39, 0.29) is 0 Å². The number of Topliss-reactive ketones (excluding diaryl/α,β-unsaturated/α-hetero) is 1. The number of rotatable bonds is 2. The Morgan fingerprint density at radius 1 is 0.774 bits per heavy atom. The third-order valence-corrected chi connectivity index (χ3v) is 7.27. The van der Waals surface area contributed by atoms with Crippen LogP contribution in [0.25, 0.3) is 0 Å². The minimum atomic E-state index is -0.784. The third-order valence-electron chi connectivity index (χ3n) is 6.82. The summed E-state index contributed by atoms with van der Waals surface area (Å²) >= 11 is 3.58. The molecule has 4 heterocycles. The lowest BCUT2D eigenvalue weighted by molar-refractivity contribution is -0.135. The molecule has 0 aliphatic carbocycles. The third kappa shape index (κ3) is 3.75. The van der Waals surface area contributed by atoms with Gasteiger partial charge in [0.2, 0.25) is 0 Å². The molecule has 4 aliphatic heterocycles. The minimum Gasteiger partial charge on any atom is -0.463 e. The van der Waals surface area contributed by atoms with Crippen LogP contribution in [0.3, 0.4) is 0 Å². The van der Waals surface area contributed by atoms with Crippen LogP contribution < -0.4 is 9.80 Å². The zero-order valence-electron chi connectivity index (χ0n) is 17.9. The summed E-state index contributed by atoms with van der Waals surface area (Å²) in [6.07, 6.45) is 6.89. The highest BCUT2D eigenvalue weighted by Crippen LogP contribution is 2.38. The number of hydrogen-bond donors (Lipinski definition) is 0. The van der Waals surface area contributed by atoms with E-state index in [2.05, 4.69) is 42.6 Å². The van der Waals surface area contributed by atoms with Gasteiger partial charge in [-0.1, -0.05) is 15.9 Å². The van der Waals surface area contributed by atoms with Gasteiger partial charge in [0.15, 0.2) is 0 Å². The Kier molecular flexibility index (Phi) is 5.51. The van der Waals surface area contributed by atoms with Crippen molar-refractivity contribution in [1.29, 1.82) is 0 Å². The number of anilines is 2. The lowest BCUT2D eigenvalue weighted by atomic mass is 9.95. The molecule has 0 saturated heterocycles. The van der Waals surface area contributed by atoms with Crippen molar-refractivity contribution in [1.82, 2.24) is 0 Å². The lowest BCUT2D eigenvalue weighted by Gasteiger charge is -2.27. The van der Waals surface area contributed by atoms with Crippen LogP contribution in [0.15, 0.2) is 28.7 Å². The molecule has 2 aromatic rings. The van der Waals surface area contributed by atoms with Gasteiger partial charge in [-0.3, -0.25) is 4.79 Å². The fourth-order valence-electron chi connectivity index (χ4n) is 5.50. The first-order valence-electron chi connectivity index (χ1n) is 11.1. The van der Waals surface area contributed by atoms with Gasteiger partial charge in [-0.25, -0.2) is 4.79 Å². The fraction of sp³-hybridized carbons (Fsp3) is 0.440. The van der Waals surface area contributed by atoms with Crippen molar-refractivity contribution >= 4 is 39.1 Å². The Labute approximate surface area is 191 Å². The summed E-state index contributed by atoms with van der Waals surface area (Å²) in [5.41, 5.74) is 8.80. The number of halogens is 1. The molecule has 0 spiro atoms. The normalized spacial score (nSPS) is 17.5. The van der Waals surface area contributed by atoms with Gasteiger partial charge >= 0.3 is 5.97 Å². The Hall–Kier alpha value is -2.34. The number of hydrogen-bond acceptors (Lipinski definition) is 5. The SMILES string of the molecule is Brc1cc2c3c(c1)CCN3CCC2.COC(=O)C(=O)c1cc2c3c(c1)CCN3CCC2. The number of benzene rings is 2. The zero-order chi connectivity index (χ0) is 21.5. The summed E-state index contributed by atoms with van der Waals surface area (Å²) in [7, 11) is 1.24. The van der Waals surface area contributed by atoms with E-state index in [4.69, 9.17) is 0 Å². The number of carbonyl (C=O) groups excluding carboxylic acids is 2. The molecule has 0 N–H and O–H groups in total. The van der Waals surface area contributed by atoms with Gasteiger partial charge < -0.3 is 14.5 Å². The predicted molar refractivity (Wildman–Crippen MR) is 125 cm³/mol. The average Bonchev–Trinajstić information content (AvgIpc) is 3.39. The Bertz CT molecular complexity index is 1070. The molecule has 0 aromatic heterocycles. The standard InChI is InChI=1S/C14H15NO3.C11H12BrN/c1-18-14(17)13(16)11-7-9-3-2-5-15-6-4-10(8-11)12(9)15;12-10-6-8-2-1-4-13-5-3-9(7-10)11(8)13/h7-8H,2-6H2,1H3;6-7H,1-5H2. The van der Waals surface area contributed by atoms with E-state index in [9.17, 15) is 9.59 Å². The van der Waals surface area contributed by atoms with Gasteiger partial charge in [0.05, 0.1) is 7.11 Å². The Morgan fingerprint density at radius 3 is 1.81 bits per heavy atom. The van der Waals surface area contributed by atoms with E-state index in [0.717, 1.165) is 32.4 Å². The summed E-state index contributed by atoms with van der Waals surface area (Å²) in [6.45, 7) is 4.63. The largest absolute Gasteiger partial charge is 0.463 e. The first-order valence-corrected chi connectivity index (χ1v) is 11.9. The maximum atomic E-state index is 11.9. The van der Waals surface area contributed by atoms with Gasteiger partial charge in [0.25, 0.3) is 5.78 Å². The number of ketones is 1. The van der Waals surface area contributed by atoms with Crippen molar-refractivity contribution in [3.05, 3.63) is 56.6 Å². The molecule has 162 valence electrons. The van der Waals surface area contributed by atoms with Crippen LogP contribution in [0.4, 0.5) is 11.4 Å². The highest BCUT2D eigenvalue weighted by Gasteiger charge is 2.28. The van der Waals surface area contributed by atoms with E-state index < -0.39 is 11.8 Å². The van der Waals surface area contributed by atoms with Crippen molar-refractivity contribution in [2.45, 2.75) is 38.5 Å². The van der Waals surface area contributed by atoms with Crippen LogP contribution >= 0.6 is 15.9 Å². The molecule has 6 heteroatoms. The molecule has 0 radical (unpaired) electrons. The first-order chi connectivity index (χ1) is 15.0. The molecule has 0 atom stereocenters. The van der Waals surface area contributed by atoms with Gasteiger partial charge in [0.1, 0.15) is 0 Å². The van der Waals surface area contributed by atoms with E-state index >= 15 is 0 Å². The van der Waals surface area contributed by atoms with Crippen LogP contribution in [0, 0.1) is 0 Å². The maximum Gasteiger partial charge on any atom is 0.379 e. The monoisotopic (exact) mass is 482 g/mol. The Balaban J connectivity index is 0.000000138. The minimum absolute atomic E-state index is 0.472. The molecule has 5 nitrogen and oxygen atoms in total. The quantitative estimate of drug-likeness (QED) is 0.366. The van der Waals surface area contributed by atoms with Crippen molar-refractivity contribution in [3.8, 4) is 0 Å². The molecule has 0 fully saturated rings. The average molecular weight is 483 g/mol. The molecule has 0 unspecified atom stereocenters. The highest BCUT2D eigenvalue weighted by atomic mass is 79.9. The first kappa shape index (κ1) is 20.6. The van der Waals surface area contributed by atoms with Crippen LogP contribution in [0.5, 0.6) is 0 Å². The van der Waals surface area contributed by atoms with Crippen molar-refractivity contribution in [3.63, 3.8) is 0 Å². The molecule has 6 rings (SSSR count). The number of nitrogens with zero attached hydrogens (tertiary/aromatic N) is 2. The molecule has 31 heavy (non-hydrogen) atoms. The van der Waals surface area contributed by atoms with Gasteiger partial charge in [-0.05, 0) is 85.0 Å². The molecule has 0 saturated carbocycles. The van der Waals surface area contributed by atoms with Crippen LogP contribution in [0.1, 0.15) is 45.5 Å². The maximum absolute atomic E-state index is 11.9. The second-order valence-electron chi connectivity index (χ2n) is 8.72. The van der Waals surface area contributed by atoms with Crippen LogP contribution in [-0.2, 0) is 35.2 Å². The van der Waals surface area contributed by atoms with E-state index in [1.165, 1.54) is 60.7 Å². The topological polar surface area (TPSA) is 49.9 Å². The summed E-state index contributed by atoms with van der Waals surface area (Å²) in [5, 5.41) is 0. The van der Waals surface area contributed by atoms with Gasteiger partial charge in [-0.15, -0.1) is 0 Å². The molecule has 2 aromatic carbocycles. The molecule has 0 bridgehead atoms. The smallest absolute Gasteiger partial charge is 0.379 e. The molecule has 0 amide bonds. The van der Waals surface area contributed by atoms with Gasteiger partial charge in [-0.2, -0.15) is 0 Å². The zero-order valence-corrected chi connectivity index (χ0v) is 19.5. The van der Waals surface area contributed by atoms with E-state index in [0.29, 0.717) is 5.56 Å². The lowest BCUT2D eigenvalue weighted by Crippen LogP contribution is -2.26. The number of ether oxygens (including phenoxy) is 1. The molecule has 4 aliphatic rings. The second kappa shape index (κ2) is 8.30. The highest BCUT2D eigenvalue weighted by molar-refractivity contribution is 9.10. The van der Waals surface area contributed by atoms with Crippen LogP contribution in [0.2, 0.25) is 0 Å². The van der Waals surface area contributed by atoms with E-state index in [1.807, 2.05) is 12.1 Å². The van der Waals surface area contributed by atoms with E-state index in [1.54, 1.807) is 16.8 Å². The summed E-state index contributed by atoms with van der Waals surface area (Å²) in [5.74, 6) is -1.33. The summed E-state index contributed by atoms with van der Waals surface area (Å²) in [4.78, 5) is 28.1. The number of methoxy groups -OCH3 is 1. The second-order valence-corrected chi connectivity index (χ2v) is 9.63. The van der Waals surface area contributed by atoms with Gasteiger partial charge in [0, 0.05) is 47.6 Å². The number of aryl methyl sites for hydroxylation is 2. The molecular formula is C25H27BrN2O3. The summed E-state index contributed by atoms with van der Waals surface area (Å²) in [6, 6.07) is 8.28. The predicted octanol–water partition coefficient (Wildman–Crippen LogP) is 4.11. The molecular weight excluding hydrogens is 456 g/mol. The van der Waals surface area contributed by atoms with Crippen LogP contribution in [-0.4, -0.2) is 45.0 Å².